The lowest BCUT2D eigenvalue weighted by atomic mass is 10.1. The van der Waals surface area contributed by atoms with Crippen LogP contribution in [0, 0.1) is 12.7 Å². The van der Waals surface area contributed by atoms with Gasteiger partial charge < -0.3 is 15.7 Å². The number of oxime groups is 1. The predicted molar refractivity (Wildman–Crippen MR) is 79.4 cm³/mol. The standard InChI is InChI=1S/C15H14ClFN2O2/c1-9-2-5-14(13(16)6-9)21-8-10-3-4-11(17)7-12(10)15(18)19-20/h2-7,20H,8H2,1H3,(H2,18,19). The Kier molecular flexibility index (Phi) is 4.65. The number of hydrogen-bond acceptors (Lipinski definition) is 3. The van der Waals surface area contributed by atoms with Gasteiger partial charge in [-0.05, 0) is 36.8 Å². The number of aryl methyl sites for hydroxylation is 1. The molecule has 2 rings (SSSR count). The van der Waals surface area contributed by atoms with E-state index in [1.807, 2.05) is 13.0 Å². The van der Waals surface area contributed by atoms with Crippen molar-refractivity contribution in [2.45, 2.75) is 13.5 Å². The highest BCUT2D eigenvalue weighted by atomic mass is 35.5. The first-order valence-corrected chi connectivity index (χ1v) is 6.54. The van der Waals surface area contributed by atoms with Crippen molar-refractivity contribution in [1.29, 1.82) is 0 Å². The third-order valence-corrected chi connectivity index (χ3v) is 3.22. The van der Waals surface area contributed by atoms with E-state index in [0.717, 1.165) is 5.56 Å². The van der Waals surface area contributed by atoms with Crippen LogP contribution >= 0.6 is 11.6 Å². The lowest BCUT2D eigenvalue weighted by Gasteiger charge is -2.12. The molecule has 2 aromatic rings. The first-order valence-electron chi connectivity index (χ1n) is 6.16. The van der Waals surface area contributed by atoms with Crippen molar-refractivity contribution in [2.24, 2.45) is 10.9 Å². The van der Waals surface area contributed by atoms with Crippen molar-refractivity contribution < 1.29 is 14.3 Å². The SMILES string of the molecule is Cc1ccc(OCc2ccc(F)cc2C(N)=NO)c(Cl)c1. The Hall–Kier alpha value is -2.27. The maximum Gasteiger partial charge on any atom is 0.170 e. The van der Waals surface area contributed by atoms with Gasteiger partial charge in [-0.3, -0.25) is 0 Å². The van der Waals surface area contributed by atoms with Gasteiger partial charge in [0, 0.05) is 11.1 Å². The summed E-state index contributed by atoms with van der Waals surface area (Å²) in [6.07, 6.45) is 0. The molecule has 3 N–H and O–H groups in total. The van der Waals surface area contributed by atoms with Gasteiger partial charge in [0.15, 0.2) is 5.84 Å². The molecule has 6 heteroatoms. The summed E-state index contributed by atoms with van der Waals surface area (Å²) in [4.78, 5) is 0. The summed E-state index contributed by atoms with van der Waals surface area (Å²) in [6.45, 7) is 2.04. The van der Waals surface area contributed by atoms with Gasteiger partial charge in [-0.15, -0.1) is 0 Å². The van der Waals surface area contributed by atoms with Crippen LogP contribution in [0.1, 0.15) is 16.7 Å². The maximum atomic E-state index is 13.3. The second-order valence-corrected chi connectivity index (χ2v) is 4.92. The summed E-state index contributed by atoms with van der Waals surface area (Å²) in [5.41, 5.74) is 7.42. The van der Waals surface area contributed by atoms with Crippen LogP contribution in [-0.4, -0.2) is 11.0 Å². The number of benzene rings is 2. The van der Waals surface area contributed by atoms with Crippen molar-refractivity contribution in [2.75, 3.05) is 0 Å². The van der Waals surface area contributed by atoms with Crippen molar-refractivity contribution in [1.82, 2.24) is 0 Å². The molecule has 0 aliphatic rings. The van der Waals surface area contributed by atoms with Crippen LogP contribution in [0.4, 0.5) is 4.39 Å². The fraction of sp³-hybridized carbons (Fsp3) is 0.133. The summed E-state index contributed by atoms with van der Waals surface area (Å²) in [7, 11) is 0. The third-order valence-electron chi connectivity index (χ3n) is 2.93. The Morgan fingerprint density at radius 2 is 2.10 bits per heavy atom. The normalized spacial score (nSPS) is 11.5. The highest BCUT2D eigenvalue weighted by Gasteiger charge is 2.10. The Balaban J connectivity index is 2.24. The van der Waals surface area contributed by atoms with E-state index >= 15 is 0 Å². The summed E-state index contributed by atoms with van der Waals surface area (Å²) < 4.78 is 18.9. The lowest BCUT2D eigenvalue weighted by Crippen LogP contribution is -2.17. The Bertz CT molecular complexity index is 689. The van der Waals surface area contributed by atoms with E-state index < -0.39 is 5.82 Å². The third kappa shape index (κ3) is 3.64. The molecule has 0 bridgehead atoms. The van der Waals surface area contributed by atoms with E-state index in [1.165, 1.54) is 18.2 Å². The highest BCUT2D eigenvalue weighted by Crippen LogP contribution is 2.26. The van der Waals surface area contributed by atoms with E-state index in [2.05, 4.69) is 5.16 Å². The zero-order chi connectivity index (χ0) is 15.4. The summed E-state index contributed by atoms with van der Waals surface area (Å²) >= 11 is 6.08. The van der Waals surface area contributed by atoms with Crippen LogP contribution in [-0.2, 0) is 6.61 Å². The van der Waals surface area contributed by atoms with Gasteiger partial charge in [-0.25, -0.2) is 4.39 Å². The first-order chi connectivity index (χ1) is 10.0. The predicted octanol–water partition coefficient (Wildman–Crippen LogP) is 3.46. The van der Waals surface area contributed by atoms with Gasteiger partial charge in [0.05, 0.1) is 5.02 Å². The molecular formula is C15H14ClFN2O2. The van der Waals surface area contributed by atoms with Gasteiger partial charge in [0.2, 0.25) is 0 Å². The van der Waals surface area contributed by atoms with Gasteiger partial charge >= 0.3 is 0 Å². The number of nitrogens with two attached hydrogens (primary N) is 1. The zero-order valence-corrected chi connectivity index (χ0v) is 12.1. The van der Waals surface area contributed by atoms with Crippen molar-refractivity contribution >= 4 is 17.4 Å². The smallest absolute Gasteiger partial charge is 0.170 e. The average molecular weight is 309 g/mol. The van der Waals surface area contributed by atoms with Gasteiger partial charge in [-0.2, -0.15) is 0 Å². The molecule has 0 saturated heterocycles. The molecule has 0 fully saturated rings. The highest BCUT2D eigenvalue weighted by molar-refractivity contribution is 6.32. The van der Waals surface area contributed by atoms with Crippen LogP contribution < -0.4 is 10.5 Å². The average Bonchev–Trinajstić information content (AvgIpc) is 2.46. The Morgan fingerprint density at radius 3 is 2.76 bits per heavy atom. The van der Waals surface area contributed by atoms with E-state index in [4.69, 9.17) is 27.3 Å². The molecule has 0 amide bonds. The van der Waals surface area contributed by atoms with Gasteiger partial charge in [0.1, 0.15) is 18.2 Å². The molecular weight excluding hydrogens is 295 g/mol. The van der Waals surface area contributed by atoms with Crippen molar-refractivity contribution in [3.63, 3.8) is 0 Å². The minimum atomic E-state index is -0.478. The summed E-state index contributed by atoms with van der Waals surface area (Å²) in [5, 5.41) is 12.1. The molecule has 0 aliphatic heterocycles. The van der Waals surface area contributed by atoms with Crippen LogP contribution in [0.25, 0.3) is 0 Å². The van der Waals surface area contributed by atoms with Gasteiger partial charge in [-0.1, -0.05) is 28.9 Å². The number of ether oxygens (including phenoxy) is 1. The Morgan fingerprint density at radius 1 is 1.33 bits per heavy atom. The number of nitrogens with zero attached hydrogens (tertiary/aromatic N) is 1. The molecule has 0 heterocycles. The van der Waals surface area contributed by atoms with Crippen molar-refractivity contribution in [3.05, 3.63) is 63.9 Å². The fourth-order valence-corrected chi connectivity index (χ4v) is 2.13. The Labute approximate surface area is 126 Å². The molecule has 21 heavy (non-hydrogen) atoms. The minimum Gasteiger partial charge on any atom is -0.487 e. The van der Waals surface area contributed by atoms with Crippen LogP contribution in [0.2, 0.25) is 5.02 Å². The first kappa shape index (κ1) is 15.1. The minimum absolute atomic E-state index is 0.120. The number of halogens is 2. The second kappa shape index (κ2) is 6.45. The van der Waals surface area contributed by atoms with Crippen LogP contribution in [0.3, 0.4) is 0 Å². The molecule has 0 aromatic heterocycles. The molecule has 4 nitrogen and oxygen atoms in total. The number of amidine groups is 1. The summed E-state index contributed by atoms with van der Waals surface area (Å²) in [5.74, 6) is -0.145. The molecule has 0 spiro atoms. The van der Waals surface area contributed by atoms with Crippen LogP contribution in [0.15, 0.2) is 41.6 Å². The quantitative estimate of drug-likeness (QED) is 0.393. The van der Waals surface area contributed by atoms with E-state index in [0.29, 0.717) is 16.3 Å². The molecule has 0 atom stereocenters. The second-order valence-electron chi connectivity index (χ2n) is 4.51. The number of hydrogen-bond donors (Lipinski definition) is 2. The molecule has 0 unspecified atom stereocenters. The molecule has 0 saturated carbocycles. The largest absolute Gasteiger partial charge is 0.487 e. The maximum absolute atomic E-state index is 13.3. The lowest BCUT2D eigenvalue weighted by molar-refractivity contribution is 0.305. The molecule has 0 aliphatic carbocycles. The molecule has 2 aromatic carbocycles. The van der Waals surface area contributed by atoms with E-state index in [9.17, 15) is 4.39 Å². The van der Waals surface area contributed by atoms with E-state index in [-0.39, 0.29) is 18.0 Å². The van der Waals surface area contributed by atoms with E-state index in [1.54, 1.807) is 12.1 Å². The molecule has 110 valence electrons. The van der Waals surface area contributed by atoms with Gasteiger partial charge in [0.25, 0.3) is 0 Å². The molecule has 0 radical (unpaired) electrons. The zero-order valence-electron chi connectivity index (χ0n) is 11.3. The topological polar surface area (TPSA) is 67.8 Å². The number of rotatable bonds is 4. The van der Waals surface area contributed by atoms with Crippen molar-refractivity contribution in [3.8, 4) is 5.75 Å². The fourth-order valence-electron chi connectivity index (χ4n) is 1.85. The summed E-state index contributed by atoms with van der Waals surface area (Å²) in [6, 6.07) is 9.39. The van der Waals surface area contributed by atoms with Crippen LogP contribution in [0.5, 0.6) is 5.75 Å². The monoisotopic (exact) mass is 308 g/mol.